The molecule has 0 bridgehead atoms. The third kappa shape index (κ3) is 2.33. The summed E-state index contributed by atoms with van der Waals surface area (Å²) in [6.07, 6.45) is 0. The number of benzene rings is 2. The van der Waals surface area contributed by atoms with Crippen molar-refractivity contribution < 1.29 is 0 Å². The molecule has 0 aliphatic carbocycles. The van der Waals surface area contributed by atoms with Crippen LogP contribution in [0.2, 0.25) is 0 Å². The fraction of sp³-hybridized carbons (Fsp3) is 0.250. The monoisotopic (exact) mass is 240 g/mol. The molecular formula is C16H20N2. The van der Waals surface area contributed by atoms with E-state index in [9.17, 15) is 0 Å². The maximum atomic E-state index is 6.16. The maximum Gasteiger partial charge on any atom is 0.0647 e. The van der Waals surface area contributed by atoms with E-state index < -0.39 is 0 Å². The molecule has 0 saturated carbocycles. The molecule has 0 aliphatic heterocycles. The SMILES string of the molecule is CCN(c1ccccc1)c1cc(C)c(C)cc1N. The first-order valence-corrected chi connectivity index (χ1v) is 6.32. The van der Waals surface area contributed by atoms with Gasteiger partial charge in [0, 0.05) is 12.2 Å². The van der Waals surface area contributed by atoms with E-state index >= 15 is 0 Å². The molecule has 2 aromatic rings. The van der Waals surface area contributed by atoms with Gasteiger partial charge in [-0.1, -0.05) is 18.2 Å². The van der Waals surface area contributed by atoms with Gasteiger partial charge in [-0.15, -0.1) is 0 Å². The van der Waals surface area contributed by atoms with Crippen molar-refractivity contribution in [2.75, 3.05) is 17.2 Å². The first-order chi connectivity index (χ1) is 8.63. The smallest absolute Gasteiger partial charge is 0.0647 e. The van der Waals surface area contributed by atoms with Crippen LogP contribution in [-0.2, 0) is 0 Å². The van der Waals surface area contributed by atoms with Gasteiger partial charge in [0.15, 0.2) is 0 Å². The lowest BCUT2D eigenvalue weighted by atomic mass is 10.1. The Morgan fingerprint density at radius 3 is 2.22 bits per heavy atom. The number of para-hydroxylation sites is 1. The van der Waals surface area contributed by atoms with Crippen molar-refractivity contribution in [2.45, 2.75) is 20.8 Å². The van der Waals surface area contributed by atoms with E-state index in [4.69, 9.17) is 5.73 Å². The average Bonchev–Trinajstić information content (AvgIpc) is 2.38. The Morgan fingerprint density at radius 2 is 1.61 bits per heavy atom. The number of hydrogen-bond acceptors (Lipinski definition) is 2. The lowest BCUT2D eigenvalue weighted by Crippen LogP contribution is -2.17. The fourth-order valence-corrected chi connectivity index (χ4v) is 2.16. The molecule has 2 rings (SSSR count). The highest BCUT2D eigenvalue weighted by Gasteiger charge is 2.11. The first kappa shape index (κ1) is 12.5. The summed E-state index contributed by atoms with van der Waals surface area (Å²) in [4.78, 5) is 2.24. The van der Waals surface area contributed by atoms with Crippen molar-refractivity contribution in [3.05, 3.63) is 53.6 Å². The minimum absolute atomic E-state index is 0.837. The molecule has 0 unspecified atom stereocenters. The van der Waals surface area contributed by atoms with Gasteiger partial charge in [0.1, 0.15) is 0 Å². The fourth-order valence-electron chi connectivity index (χ4n) is 2.16. The zero-order chi connectivity index (χ0) is 13.1. The molecule has 0 saturated heterocycles. The molecule has 2 N–H and O–H groups in total. The Kier molecular flexibility index (Phi) is 3.56. The minimum atomic E-state index is 0.837. The normalized spacial score (nSPS) is 10.4. The summed E-state index contributed by atoms with van der Waals surface area (Å²) in [5.41, 5.74) is 11.8. The molecular weight excluding hydrogens is 220 g/mol. The average molecular weight is 240 g/mol. The van der Waals surface area contributed by atoms with E-state index in [-0.39, 0.29) is 0 Å². The second-order valence-electron chi connectivity index (χ2n) is 4.58. The predicted octanol–water partition coefficient (Wildman–Crippen LogP) is 4.04. The summed E-state index contributed by atoms with van der Waals surface area (Å²) >= 11 is 0. The molecule has 0 amide bonds. The summed E-state index contributed by atoms with van der Waals surface area (Å²) in [5, 5.41) is 0. The highest BCUT2D eigenvalue weighted by Crippen LogP contribution is 2.32. The van der Waals surface area contributed by atoms with Gasteiger partial charge in [-0.3, -0.25) is 0 Å². The van der Waals surface area contributed by atoms with Gasteiger partial charge in [0.2, 0.25) is 0 Å². The number of nitrogens with two attached hydrogens (primary N) is 1. The zero-order valence-electron chi connectivity index (χ0n) is 11.3. The molecule has 0 radical (unpaired) electrons. The van der Waals surface area contributed by atoms with Crippen LogP contribution in [0, 0.1) is 13.8 Å². The first-order valence-electron chi connectivity index (χ1n) is 6.32. The predicted molar refractivity (Wildman–Crippen MR) is 79.5 cm³/mol. The lowest BCUT2D eigenvalue weighted by molar-refractivity contribution is 1.02. The second-order valence-corrected chi connectivity index (χ2v) is 4.58. The van der Waals surface area contributed by atoms with Crippen molar-refractivity contribution in [3.8, 4) is 0 Å². The summed E-state index contributed by atoms with van der Waals surface area (Å²) in [6.45, 7) is 7.25. The number of nitrogen functional groups attached to an aromatic ring is 1. The Hall–Kier alpha value is -1.96. The molecule has 2 nitrogen and oxygen atoms in total. The molecule has 2 heteroatoms. The summed E-state index contributed by atoms with van der Waals surface area (Å²) in [5.74, 6) is 0. The number of rotatable bonds is 3. The number of aryl methyl sites for hydroxylation is 2. The van der Waals surface area contributed by atoms with Crippen LogP contribution in [0.3, 0.4) is 0 Å². The standard InChI is InChI=1S/C16H20N2/c1-4-18(14-8-6-5-7-9-14)16-11-13(3)12(2)10-15(16)17/h5-11H,4,17H2,1-3H3. The van der Waals surface area contributed by atoms with Crippen LogP contribution < -0.4 is 10.6 Å². The minimum Gasteiger partial charge on any atom is -0.397 e. The molecule has 0 spiro atoms. The van der Waals surface area contributed by atoms with Gasteiger partial charge in [-0.25, -0.2) is 0 Å². The van der Waals surface area contributed by atoms with Crippen LogP contribution >= 0.6 is 0 Å². The highest BCUT2D eigenvalue weighted by atomic mass is 15.1. The second kappa shape index (κ2) is 5.13. The quantitative estimate of drug-likeness (QED) is 0.820. The highest BCUT2D eigenvalue weighted by molar-refractivity contribution is 5.76. The lowest BCUT2D eigenvalue weighted by Gasteiger charge is -2.25. The van der Waals surface area contributed by atoms with Crippen LogP contribution in [0.4, 0.5) is 17.1 Å². The van der Waals surface area contributed by atoms with Gasteiger partial charge in [-0.05, 0) is 56.2 Å². The van der Waals surface area contributed by atoms with Gasteiger partial charge in [0.25, 0.3) is 0 Å². The van der Waals surface area contributed by atoms with Crippen LogP contribution in [0.1, 0.15) is 18.1 Å². The van der Waals surface area contributed by atoms with E-state index in [0.29, 0.717) is 0 Å². The molecule has 0 aromatic heterocycles. The zero-order valence-corrected chi connectivity index (χ0v) is 11.3. The third-order valence-corrected chi connectivity index (χ3v) is 3.32. The Bertz CT molecular complexity index is 532. The Labute approximate surface area is 109 Å². The van der Waals surface area contributed by atoms with Gasteiger partial charge >= 0.3 is 0 Å². The van der Waals surface area contributed by atoms with Gasteiger partial charge in [0.05, 0.1) is 11.4 Å². The van der Waals surface area contributed by atoms with E-state index in [1.807, 2.05) is 6.07 Å². The van der Waals surface area contributed by atoms with Gasteiger partial charge in [-0.2, -0.15) is 0 Å². The molecule has 18 heavy (non-hydrogen) atoms. The van der Waals surface area contributed by atoms with Gasteiger partial charge < -0.3 is 10.6 Å². The van der Waals surface area contributed by atoms with Crippen LogP contribution in [0.25, 0.3) is 0 Å². The summed E-state index contributed by atoms with van der Waals surface area (Å²) in [7, 11) is 0. The van der Waals surface area contributed by atoms with Crippen molar-refractivity contribution in [3.63, 3.8) is 0 Å². The maximum absolute atomic E-state index is 6.16. The summed E-state index contributed by atoms with van der Waals surface area (Å²) < 4.78 is 0. The largest absolute Gasteiger partial charge is 0.397 e. The Morgan fingerprint density at radius 1 is 1.00 bits per heavy atom. The van der Waals surface area contributed by atoms with E-state index in [2.05, 4.69) is 62.1 Å². The Balaban J connectivity index is 2.49. The van der Waals surface area contributed by atoms with Crippen molar-refractivity contribution in [1.29, 1.82) is 0 Å². The molecule has 0 aliphatic rings. The van der Waals surface area contributed by atoms with Crippen molar-refractivity contribution >= 4 is 17.1 Å². The van der Waals surface area contributed by atoms with E-state index in [1.165, 1.54) is 16.8 Å². The van der Waals surface area contributed by atoms with Crippen LogP contribution in [0.15, 0.2) is 42.5 Å². The third-order valence-electron chi connectivity index (χ3n) is 3.32. The molecule has 0 fully saturated rings. The molecule has 0 heterocycles. The molecule has 0 atom stereocenters. The van der Waals surface area contributed by atoms with Crippen LogP contribution in [-0.4, -0.2) is 6.54 Å². The number of nitrogens with zero attached hydrogens (tertiary/aromatic N) is 1. The van der Waals surface area contributed by atoms with Crippen LogP contribution in [0.5, 0.6) is 0 Å². The van der Waals surface area contributed by atoms with Crippen molar-refractivity contribution in [2.24, 2.45) is 0 Å². The molecule has 94 valence electrons. The number of anilines is 3. The van der Waals surface area contributed by atoms with E-state index in [0.717, 1.165) is 17.9 Å². The topological polar surface area (TPSA) is 29.3 Å². The number of hydrogen-bond donors (Lipinski definition) is 1. The summed E-state index contributed by atoms with van der Waals surface area (Å²) in [6, 6.07) is 14.6. The molecule has 2 aromatic carbocycles. The van der Waals surface area contributed by atoms with Crippen molar-refractivity contribution in [1.82, 2.24) is 0 Å². The van der Waals surface area contributed by atoms with E-state index in [1.54, 1.807) is 0 Å².